The molecule has 0 amide bonds. The van der Waals surface area contributed by atoms with Gasteiger partial charge in [-0.2, -0.15) is 0 Å². The number of cyclic esters (lactones) is 1. The van der Waals surface area contributed by atoms with Crippen LogP contribution in [0.15, 0.2) is 29.3 Å². The summed E-state index contributed by atoms with van der Waals surface area (Å²) in [5.41, 5.74) is -3.55. The van der Waals surface area contributed by atoms with Crippen LogP contribution in [0.2, 0.25) is 0 Å². The minimum absolute atomic E-state index is 0.0746. The fourth-order valence-corrected chi connectivity index (χ4v) is 11.3. The topological polar surface area (TPSA) is 271 Å². The van der Waals surface area contributed by atoms with Gasteiger partial charge < -0.3 is 63.8 Å². The number of hydrogen-bond donors (Lipinski definition) is 6. The van der Waals surface area contributed by atoms with Crippen molar-refractivity contribution in [3.63, 3.8) is 0 Å². The number of likely N-dealkylation sites (N-methyl/N-ethyl adjacent to an activating group) is 2. The standard InChI is InChI=1S/C48H81FN6O14S/c1-14-37-48(10,61)41(57)30(6)54(12)23-26(2)21-46(8,60)43(28(4)40(29(5)44(59)67-37)68-38-22-47(9,64-13)42(58)31(7)66-38)69-45-39(56)35(19-27(3)65-45)53(11)18-17-33-25-55(52-51-33)24-32-15-16-36(34(49)20-32)70(50,62)63/h15-16,20,25-31,35,37-43,45,56-58,60-61H,14,17-19,21-24H2,1-13H3,(H2,50,62,63)/t26-,27-,28+,29-,30-,31+,35+,37-,38+,39-,40+,41-,42+,43-,45+,46-,47-,48-/m1/s1. The van der Waals surface area contributed by atoms with Crippen LogP contribution in [0, 0.1) is 23.6 Å². The number of carbonyl (C=O) groups is 1. The minimum Gasteiger partial charge on any atom is -0.459 e. The van der Waals surface area contributed by atoms with Crippen molar-refractivity contribution in [1.29, 1.82) is 0 Å². The van der Waals surface area contributed by atoms with E-state index in [-0.39, 0.29) is 31.7 Å². The van der Waals surface area contributed by atoms with E-state index in [1.807, 2.05) is 37.7 Å². The van der Waals surface area contributed by atoms with E-state index >= 15 is 0 Å². The van der Waals surface area contributed by atoms with E-state index in [4.69, 9.17) is 33.6 Å². The zero-order valence-corrected chi connectivity index (χ0v) is 44.0. The fraction of sp³-hybridized carbons (Fsp3) is 0.812. The van der Waals surface area contributed by atoms with Gasteiger partial charge in [-0.3, -0.25) is 4.79 Å². The molecule has 7 N–H and O–H groups in total. The summed E-state index contributed by atoms with van der Waals surface area (Å²) >= 11 is 0. The first-order valence-electron chi connectivity index (χ1n) is 24.4. The highest BCUT2D eigenvalue weighted by Gasteiger charge is 2.53. The number of nitrogens with zero attached hydrogens (tertiary/aromatic N) is 5. The fourth-order valence-electron chi connectivity index (χ4n) is 10.7. The van der Waals surface area contributed by atoms with Crippen molar-refractivity contribution in [1.82, 2.24) is 24.8 Å². The number of aromatic nitrogens is 3. The second kappa shape index (κ2) is 23.2. The molecule has 2 aromatic rings. The summed E-state index contributed by atoms with van der Waals surface area (Å²) in [5.74, 6) is -3.88. The van der Waals surface area contributed by atoms with Crippen molar-refractivity contribution in [2.45, 2.75) is 203 Å². The second-order valence-corrected chi connectivity index (χ2v) is 22.7. The summed E-state index contributed by atoms with van der Waals surface area (Å²) in [6, 6.07) is 2.55. The smallest absolute Gasteiger partial charge is 0.311 e. The van der Waals surface area contributed by atoms with Crippen LogP contribution in [0.25, 0.3) is 0 Å². The summed E-state index contributed by atoms with van der Waals surface area (Å²) in [4.78, 5) is 17.7. The molecule has 18 atom stereocenters. The first-order valence-corrected chi connectivity index (χ1v) is 26.0. The third-order valence-electron chi connectivity index (χ3n) is 15.1. The van der Waals surface area contributed by atoms with Crippen LogP contribution in [0.5, 0.6) is 0 Å². The molecule has 1 aromatic heterocycles. The Morgan fingerprint density at radius 1 is 1.01 bits per heavy atom. The maximum Gasteiger partial charge on any atom is 0.311 e. The lowest BCUT2D eigenvalue weighted by Gasteiger charge is -2.49. The molecule has 3 aliphatic rings. The third-order valence-corrected chi connectivity index (χ3v) is 16.0. The number of aliphatic hydroxyl groups is 5. The first kappa shape index (κ1) is 58.1. The molecule has 0 saturated carbocycles. The van der Waals surface area contributed by atoms with Gasteiger partial charge in [0, 0.05) is 57.2 Å². The Bertz CT molecular complexity index is 2150. The monoisotopic (exact) mass is 1020 g/mol. The van der Waals surface area contributed by atoms with Gasteiger partial charge in [0.2, 0.25) is 10.0 Å². The van der Waals surface area contributed by atoms with E-state index in [0.717, 1.165) is 12.1 Å². The van der Waals surface area contributed by atoms with E-state index in [0.29, 0.717) is 37.2 Å². The van der Waals surface area contributed by atoms with Crippen LogP contribution in [-0.2, 0) is 56.2 Å². The molecule has 3 aliphatic heterocycles. The Morgan fingerprint density at radius 3 is 2.30 bits per heavy atom. The Morgan fingerprint density at radius 2 is 1.69 bits per heavy atom. The summed E-state index contributed by atoms with van der Waals surface area (Å²) in [5, 5.41) is 73.0. The van der Waals surface area contributed by atoms with E-state index in [1.54, 1.807) is 54.7 Å². The Labute approximate surface area is 412 Å². The normalized spacial score (nSPS) is 40.1. The van der Waals surface area contributed by atoms with Gasteiger partial charge >= 0.3 is 5.97 Å². The van der Waals surface area contributed by atoms with E-state index in [9.17, 15) is 43.1 Å². The van der Waals surface area contributed by atoms with Gasteiger partial charge in [0.15, 0.2) is 12.6 Å². The molecule has 3 saturated heterocycles. The van der Waals surface area contributed by atoms with Crippen molar-refractivity contribution in [3.05, 3.63) is 41.5 Å². The van der Waals surface area contributed by atoms with E-state index < -0.39 is 129 Å². The molecule has 1 aromatic carbocycles. The number of halogens is 1. The average molecular weight is 1020 g/mol. The number of esters is 1. The maximum absolute atomic E-state index is 14.5. The van der Waals surface area contributed by atoms with Crippen LogP contribution < -0.4 is 5.14 Å². The predicted octanol–water partition coefficient (Wildman–Crippen LogP) is 1.94. The van der Waals surface area contributed by atoms with E-state index in [2.05, 4.69) is 10.3 Å². The van der Waals surface area contributed by atoms with Crippen molar-refractivity contribution in [2.24, 2.45) is 22.9 Å². The number of aliphatic hydroxyl groups excluding tert-OH is 3. The third kappa shape index (κ3) is 13.5. The molecule has 400 valence electrons. The number of carbonyl (C=O) groups excluding carboxylic acids is 1. The quantitative estimate of drug-likeness (QED) is 0.157. The maximum atomic E-state index is 14.5. The van der Waals surface area contributed by atoms with Crippen LogP contribution in [0.1, 0.15) is 106 Å². The van der Waals surface area contributed by atoms with Crippen LogP contribution in [-0.4, -0.2) is 189 Å². The lowest BCUT2D eigenvalue weighted by Crippen LogP contribution is -2.61. The zero-order chi connectivity index (χ0) is 52.4. The van der Waals surface area contributed by atoms with Crippen molar-refractivity contribution < 1.29 is 71.6 Å². The highest BCUT2D eigenvalue weighted by molar-refractivity contribution is 7.89. The molecule has 0 bridgehead atoms. The summed E-state index contributed by atoms with van der Waals surface area (Å²) in [6.07, 6.45) is -7.47. The zero-order valence-electron chi connectivity index (χ0n) is 43.1. The van der Waals surface area contributed by atoms with Gasteiger partial charge in [-0.05, 0) is 105 Å². The van der Waals surface area contributed by atoms with Crippen molar-refractivity contribution >= 4 is 16.0 Å². The van der Waals surface area contributed by atoms with Gasteiger partial charge in [0.1, 0.15) is 40.7 Å². The van der Waals surface area contributed by atoms with Crippen LogP contribution >= 0.6 is 0 Å². The highest BCUT2D eigenvalue weighted by Crippen LogP contribution is 2.40. The first-order chi connectivity index (χ1) is 32.4. The SMILES string of the molecule is CC[C@H]1OC(=O)[C@H](C)[C@@H](O[C@H]2C[C@@](C)(OC)[C@@H](O)[C@H](C)O2)[C@H](C)[C@@H](O[C@@H]2O[C@H](C)C[C@H](N(C)CCc3cn(Cc4ccc(S(N)(=O)=O)c(F)c4)nn3)[C@H]2O)[C@](C)(O)C[C@@H](C)CN(C)[C@H](C)[C@@H](O)[C@]1(C)O. The Balaban J connectivity index is 1.44. The lowest BCUT2D eigenvalue weighted by atomic mass is 9.77. The summed E-state index contributed by atoms with van der Waals surface area (Å²) in [6.45, 7) is 18.2. The molecule has 0 unspecified atom stereocenters. The molecular weight excluding hydrogens is 936 g/mol. The average Bonchev–Trinajstić information content (AvgIpc) is 3.72. The number of rotatable bonds is 13. The molecule has 5 rings (SSSR count). The minimum atomic E-state index is -4.22. The number of nitrogens with two attached hydrogens (primary N) is 1. The second-order valence-electron chi connectivity index (χ2n) is 21.1. The van der Waals surface area contributed by atoms with E-state index in [1.165, 1.54) is 24.8 Å². The predicted molar refractivity (Wildman–Crippen MR) is 254 cm³/mol. The molecule has 0 spiro atoms. The molecule has 4 heterocycles. The van der Waals surface area contributed by atoms with Crippen LogP contribution in [0.3, 0.4) is 0 Å². The van der Waals surface area contributed by atoms with Crippen LogP contribution in [0.4, 0.5) is 4.39 Å². The van der Waals surface area contributed by atoms with Gasteiger partial charge in [0.25, 0.3) is 0 Å². The van der Waals surface area contributed by atoms with Gasteiger partial charge in [-0.25, -0.2) is 22.6 Å². The highest BCUT2D eigenvalue weighted by atomic mass is 32.2. The Kier molecular flexibility index (Phi) is 19.2. The largest absolute Gasteiger partial charge is 0.459 e. The summed E-state index contributed by atoms with van der Waals surface area (Å²) < 4.78 is 77.4. The summed E-state index contributed by atoms with van der Waals surface area (Å²) in [7, 11) is 0.936. The molecule has 70 heavy (non-hydrogen) atoms. The van der Waals surface area contributed by atoms with Gasteiger partial charge in [0.05, 0.1) is 53.8 Å². The molecule has 3 fully saturated rings. The van der Waals surface area contributed by atoms with Gasteiger partial charge in [-0.1, -0.05) is 32.1 Å². The van der Waals surface area contributed by atoms with Gasteiger partial charge in [-0.15, -0.1) is 5.10 Å². The van der Waals surface area contributed by atoms with Crippen molar-refractivity contribution in [2.75, 3.05) is 34.3 Å². The number of sulfonamides is 1. The lowest BCUT2D eigenvalue weighted by molar-refractivity contribution is -0.318. The molecule has 0 radical (unpaired) electrons. The molecule has 20 nitrogen and oxygen atoms in total. The molecular formula is C48H81FN6O14S. The number of primary sulfonamides is 1. The Hall–Kier alpha value is -2.81. The number of ether oxygens (including phenoxy) is 6. The number of benzene rings is 1. The molecule has 0 aliphatic carbocycles. The number of methoxy groups -OCH3 is 1. The molecule has 22 heteroatoms. The number of hydrogen-bond acceptors (Lipinski definition) is 18. The van der Waals surface area contributed by atoms with Crippen molar-refractivity contribution in [3.8, 4) is 0 Å².